The van der Waals surface area contributed by atoms with Gasteiger partial charge in [0.25, 0.3) is 0 Å². The number of ether oxygens (including phenoxy) is 2. The van der Waals surface area contributed by atoms with Crippen molar-refractivity contribution >= 4 is 16.9 Å². The molecule has 0 fully saturated rings. The minimum Gasteiger partial charge on any atom is -0.394 e. The molecule has 0 amide bonds. The van der Waals surface area contributed by atoms with Crippen molar-refractivity contribution in [2.45, 2.75) is 105 Å². The molecule has 0 atom stereocenters. The van der Waals surface area contributed by atoms with Crippen LogP contribution in [0.15, 0.2) is 12.7 Å². The van der Waals surface area contributed by atoms with Gasteiger partial charge in [0.05, 0.1) is 33.0 Å². The number of rotatable bonds is 14. The Morgan fingerprint density at radius 3 is 1.67 bits per heavy atom. The van der Waals surface area contributed by atoms with Crippen molar-refractivity contribution in [3.05, 3.63) is 12.7 Å². The first-order valence-electron chi connectivity index (χ1n) is 12.6. The van der Waals surface area contributed by atoms with E-state index in [0.29, 0.717) is 30.7 Å². The molecule has 0 aliphatic heterocycles. The first-order chi connectivity index (χ1) is 14.6. The standard InChI is InChI=1S/C13H30O2Si.C8H20Si.C5H10O2.Pt/c1-13(2,3)7-12-16(4,5)11-6-9-15-10-8-14;1-8(2,3)6-7-9(4)5;1-2-4-7-5-3-6;/h14H,6-12H2,1-5H3;9H,6-7H2,1-5H3;2,6H,1,3-5H2;. The zero-order chi connectivity index (χ0) is 25.7. The van der Waals surface area contributed by atoms with Crippen molar-refractivity contribution in [3.8, 4) is 0 Å². The van der Waals surface area contributed by atoms with Gasteiger partial charge in [-0.25, -0.2) is 0 Å². The molecule has 0 aromatic rings. The molecule has 7 heteroatoms. The Bertz CT molecular complexity index is 406. The van der Waals surface area contributed by atoms with Gasteiger partial charge in [0.15, 0.2) is 0 Å². The summed E-state index contributed by atoms with van der Waals surface area (Å²) >= 11 is 0. The molecule has 0 saturated heterocycles. The summed E-state index contributed by atoms with van der Waals surface area (Å²) in [6.45, 7) is 29.6. The molecule has 0 rings (SSSR count). The fraction of sp³-hybridized carbons (Fsp3) is 0.923. The van der Waals surface area contributed by atoms with Gasteiger partial charge in [-0.3, -0.25) is 0 Å². The quantitative estimate of drug-likeness (QED) is 0.123. The summed E-state index contributed by atoms with van der Waals surface area (Å²) in [5, 5.41) is 16.7. The topological polar surface area (TPSA) is 58.9 Å². The van der Waals surface area contributed by atoms with Crippen LogP contribution in [0.3, 0.4) is 0 Å². The summed E-state index contributed by atoms with van der Waals surface area (Å²) in [5.74, 6) is 0. The van der Waals surface area contributed by atoms with Crippen LogP contribution < -0.4 is 0 Å². The first kappa shape index (κ1) is 40.9. The molecule has 0 bridgehead atoms. The smallest absolute Gasteiger partial charge is 0.0701 e. The van der Waals surface area contributed by atoms with Gasteiger partial charge in [-0.05, 0) is 17.3 Å². The average Bonchev–Trinajstić information content (AvgIpc) is 2.65. The monoisotopic (exact) mass is 687 g/mol. The molecule has 2 N–H and O–H groups in total. The van der Waals surface area contributed by atoms with Crippen molar-refractivity contribution < 1.29 is 40.8 Å². The maximum Gasteiger partial charge on any atom is 0.0701 e. The van der Waals surface area contributed by atoms with Crippen molar-refractivity contribution in [2.24, 2.45) is 10.8 Å². The zero-order valence-corrected chi connectivity index (χ0v) is 28.3. The second-order valence-corrected chi connectivity index (χ2v) is 20.9. The molecule has 0 aliphatic rings. The third-order valence-corrected chi connectivity index (χ3v) is 9.63. The van der Waals surface area contributed by atoms with Crippen LogP contribution in [0.25, 0.3) is 0 Å². The third-order valence-electron chi connectivity index (χ3n) is 4.87. The maximum absolute atomic E-state index is 8.58. The summed E-state index contributed by atoms with van der Waals surface area (Å²) in [6.07, 6.45) is 5.56. The van der Waals surface area contributed by atoms with Crippen molar-refractivity contribution in [1.82, 2.24) is 0 Å². The van der Waals surface area contributed by atoms with E-state index in [1.165, 1.54) is 31.0 Å². The van der Waals surface area contributed by atoms with Crippen LogP contribution in [0.4, 0.5) is 0 Å². The minimum atomic E-state index is -1.02. The Morgan fingerprint density at radius 1 is 0.818 bits per heavy atom. The Balaban J connectivity index is -0.000000210. The van der Waals surface area contributed by atoms with Crippen molar-refractivity contribution in [2.75, 3.05) is 39.6 Å². The van der Waals surface area contributed by atoms with Crippen LogP contribution in [0.1, 0.15) is 60.8 Å². The molecule has 0 aliphatic carbocycles. The molecule has 0 spiro atoms. The summed E-state index contributed by atoms with van der Waals surface area (Å²) in [7, 11) is -1.29. The first-order valence-corrected chi connectivity index (χ1v) is 19.1. The van der Waals surface area contributed by atoms with E-state index in [1.807, 2.05) is 0 Å². The number of hydrogen-bond donors (Lipinski definition) is 2. The van der Waals surface area contributed by atoms with Gasteiger partial charge in [0.2, 0.25) is 0 Å². The van der Waals surface area contributed by atoms with Crippen LogP contribution in [0.2, 0.25) is 44.3 Å². The molecule has 0 aromatic carbocycles. The Hall–Kier alpha value is 0.702. The average molecular weight is 688 g/mol. The van der Waals surface area contributed by atoms with E-state index in [9.17, 15) is 0 Å². The largest absolute Gasteiger partial charge is 0.394 e. The van der Waals surface area contributed by atoms with Crippen LogP contribution in [-0.4, -0.2) is 66.7 Å². The van der Waals surface area contributed by atoms with Gasteiger partial charge in [0.1, 0.15) is 0 Å². The molecule has 206 valence electrons. The maximum atomic E-state index is 8.58. The van der Waals surface area contributed by atoms with Crippen LogP contribution in [-0.2, 0) is 30.5 Å². The zero-order valence-electron chi connectivity index (χ0n) is 23.9. The van der Waals surface area contributed by atoms with Gasteiger partial charge in [-0.1, -0.05) is 105 Å². The summed E-state index contributed by atoms with van der Waals surface area (Å²) in [5.41, 5.74) is 1.04. The van der Waals surface area contributed by atoms with E-state index in [1.54, 1.807) is 6.08 Å². The molecular formula is C26H60O4PtSi2. The summed E-state index contributed by atoms with van der Waals surface area (Å²) < 4.78 is 10.1. The van der Waals surface area contributed by atoms with Crippen LogP contribution >= 0.6 is 0 Å². The molecule has 33 heavy (non-hydrogen) atoms. The molecule has 0 saturated carbocycles. The third kappa shape index (κ3) is 46.7. The molecular weight excluding hydrogens is 628 g/mol. The van der Waals surface area contributed by atoms with E-state index in [0.717, 1.165) is 13.0 Å². The summed E-state index contributed by atoms with van der Waals surface area (Å²) in [6, 6.07) is 4.26. The fourth-order valence-corrected chi connectivity index (χ4v) is 6.83. The van der Waals surface area contributed by atoms with Crippen molar-refractivity contribution in [1.29, 1.82) is 0 Å². The van der Waals surface area contributed by atoms with Crippen molar-refractivity contribution in [3.63, 3.8) is 0 Å². The van der Waals surface area contributed by atoms with Crippen LogP contribution in [0.5, 0.6) is 0 Å². The Morgan fingerprint density at radius 2 is 1.30 bits per heavy atom. The molecule has 4 nitrogen and oxygen atoms in total. The molecule has 0 heterocycles. The number of aliphatic hydroxyl groups excluding tert-OH is 2. The van der Waals surface area contributed by atoms with Gasteiger partial charge < -0.3 is 19.7 Å². The Labute approximate surface area is 225 Å². The fourth-order valence-electron chi connectivity index (χ4n) is 2.61. The predicted octanol–water partition coefficient (Wildman–Crippen LogP) is 6.62. The normalized spacial score (nSPS) is 11.7. The Kier molecular flexibility index (Phi) is 30.2. The molecule has 0 aromatic heterocycles. The van der Waals surface area contributed by atoms with Gasteiger partial charge in [-0.2, -0.15) is 0 Å². The number of aliphatic hydroxyl groups is 2. The SMILES string of the molecule is C=CCOCCO.CC(C)(C)CC[Si](C)(C)CCCOCCO.C[SiH](C)CCC(C)(C)C.[Pt]. The van der Waals surface area contributed by atoms with E-state index in [4.69, 9.17) is 19.7 Å². The van der Waals surface area contributed by atoms with Gasteiger partial charge >= 0.3 is 0 Å². The molecule has 0 unspecified atom stereocenters. The van der Waals surface area contributed by atoms with E-state index in [-0.39, 0.29) is 43.1 Å². The predicted molar refractivity (Wildman–Crippen MR) is 150 cm³/mol. The van der Waals surface area contributed by atoms with E-state index in [2.05, 4.69) is 74.3 Å². The minimum absolute atomic E-state index is 0. The van der Waals surface area contributed by atoms with Gasteiger partial charge in [0, 0.05) is 44.5 Å². The second kappa shape index (κ2) is 24.4. The van der Waals surface area contributed by atoms with Gasteiger partial charge in [-0.15, -0.1) is 6.58 Å². The molecule has 0 radical (unpaired) electrons. The number of hydrogen-bond acceptors (Lipinski definition) is 4. The second-order valence-electron chi connectivity index (χ2n) is 12.2. The van der Waals surface area contributed by atoms with E-state index < -0.39 is 8.07 Å². The van der Waals surface area contributed by atoms with E-state index >= 15 is 0 Å². The van der Waals surface area contributed by atoms with Crippen LogP contribution in [0, 0.1) is 10.8 Å². The summed E-state index contributed by atoms with van der Waals surface area (Å²) in [4.78, 5) is 0.